The molecule has 4 atom stereocenters. The fourth-order valence-corrected chi connectivity index (χ4v) is 13.4. The van der Waals surface area contributed by atoms with Gasteiger partial charge in [0.15, 0.2) is 0 Å². The van der Waals surface area contributed by atoms with Gasteiger partial charge in [0.25, 0.3) is 0 Å². The maximum atomic E-state index is 12.5. The molecule has 0 saturated heterocycles. The molecule has 8 heteroatoms. The van der Waals surface area contributed by atoms with Crippen molar-refractivity contribution in [3.05, 3.63) is 21.4 Å². The molecule has 1 aliphatic rings. The Balaban J connectivity index is 3.56. The summed E-state index contributed by atoms with van der Waals surface area (Å²) in [5.41, 5.74) is 19.1. The van der Waals surface area contributed by atoms with Gasteiger partial charge in [0.1, 0.15) is 0 Å². The number of ketones is 1. The Morgan fingerprint density at radius 1 is 1.45 bits per heavy atom. The molecular formula is C12H23I2N4O2-. The number of rotatable bonds is 4. The topological polar surface area (TPSA) is 141 Å². The summed E-state index contributed by atoms with van der Waals surface area (Å²) in [7, 11) is 0. The average molecular weight is 509 g/mol. The van der Waals surface area contributed by atoms with E-state index < -0.39 is 53.5 Å². The molecule has 0 amide bonds. The SMILES string of the molecule is CC=I1(CO)C(C(=O)/C=C/C)[C@H](N)C([I-]N)=C(N)[C@@H]1N. The second kappa shape index (κ2) is 7.40. The third-order valence-electron chi connectivity index (χ3n) is 3.39. The van der Waals surface area contributed by atoms with Crippen LogP contribution in [0.1, 0.15) is 13.8 Å². The van der Waals surface area contributed by atoms with Crippen molar-refractivity contribution >= 4 is 27.8 Å². The molecule has 1 aliphatic heterocycles. The number of aliphatic hydroxyl groups is 1. The van der Waals surface area contributed by atoms with Gasteiger partial charge in [0.2, 0.25) is 0 Å². The summed E-state index contributed by atoms with van der Waals surface area (Å²) in [6, 6.07) is -0.518. The number of hydrogen-bond acceptors (Lipinski definition) is 6. The second-order valence-electron chi connectivity index (χ2n) is 4.32. The molecular weight excluding hydrogens is 486 g/mol. The molecule has 0 fully saturated rings. The molecule has 9 N–H and O–H groups in total. The van der Waals surface area contributed by atoms with E-state index in [2.05, 4.69) is 0 Å². The predicted octanol–water partition coefficient (Wildman–Crippen LogP) is -3.93. The van der Waals surface area contributed by atoms with Crippen molar-refractivity contribution in [1.82, 2.24) is 0 Å². The number of halogens is 2. The van der Waals surface area contributed by atoms with Crippen LogP contribution in [-0.4, -0.2) is 33.5 Å². The Hall–Kier alpha value is 0.120. The molecule has 1 heterocycles. The van der Waals surface area contributed by atoms with Crippen LogP contribution in [0.3, 0.4) is 0 Å². The van der Waals surface area contributed by atoms with Gasteiger partial charge >= 0.3 is 134 Å². The second-order valence-corrected chi connectivity index (χ2v) is 15.5. The van der Waals surface area contributed by atoms with Gasteiger partial charge in [-0.25, -0.2) is 0 Å². The maximum absolute atomic E-state index is 12.5. The molecule has 118 valence electrons. The first-order chi connectivity index (χ1) is 9.41. The first-order valence-corrected chi connectivity index (χ1v) is 13.6. The number of alkyl halides is 3. The van der Waals surface area contributed by atoms with E-state index in [1.807, 2.05) is 10.9 Å². The van der Waals surface area contributed by atoms with E-state index >= 15 is 0 Å². The van der Waals surface area contributed by atoms with Crippen LogP contribution in [0.5, 0.6) is 0 Å². The molecule has 0 aromatic heterocycles. The number of hydrogen-bond donors (Lipinski definition) is 5. The van der Waals surface area contributed by atoms with Crippen LogP contribution >= 0.6 is 18.0 Å². The van der Waals surface area contributed by atoms with Crippen LogP contribution in [0.4, 0.5) is 0 Å². The molecule has 6 nitrogen and oxygen atoms in total. The summed E-state index contributed by atoms with van der Waals surface area (Å²) in [4.78, 5) is 12.5. The Bertz CT molecular complexity index is 502. The van der Waals surface area contributed by atoms with Crippen molar-refractivity contribution in [3.8, 4) is 0 Å². The zero-order chi connectivity index (χ0) is 15.5. The van der Waals surface area contributed by atoms with Crippen LogP contribution in [0.15, 0.2) is 21.4 Å². The summed E-state index contributed by atoms with van der Waals surface area (Å²) in [6.07, 6.45) is 3.18. The van der Waals surface area contributed by atoms with E-state index in [0.717, 1.165) is 3.58 Å². The minimum atomic E-state index is -3.20. The monoisotopic (exact) mass is 509 g/mol. The fraction of sp³-hybridized carbons (Fsp3) is 0.500. The number of nitrogens with two attached hydrogens (primary N) is 4. The third-order valence-corrected chi connectivity index (χ3v) is 16.0. The van der Waals surface area contributed by atoms with Gasteiger partial charge < -0.3 is 0 Å². The van der Waals surface area contributed by atoms with E-state index in [1.54, 1.807) is 13.0 Å². The normalized spacial score (nSPS) is 38.0. The zero-order valence-corrected chi connectivity index (χ0v) is 15.9. The van der Waals surface area contributed by atoms with Gasteiger partial charge in [0, 0.05) is 0 Å². The molecule has 0 aromatic carbocycles. The molecule has 0 radical (unpaired) electrons. The third kappa shape index (κ3) is 2.86. The molecule has 2 unspecified atom stereocenters. The first kappa shape index (κ1) is 18.2. The van der Waals surface area contributed by atoms with Crippen LogP contribution in [0.25, 0.3) is 0 Å². The molecule has 0 aromatic rings. The zero-order valence-electron chi connectivity index (χ0n) is 11.6. The number of carbonyl (C=O) groups excluding carboxylic acids is 1. The fourth-order valence-electron chi connectivity index (χ4n) is 2.33. The van der Waals surface area contributed by atoms with Crippen LogP contribution < -0.4 is 42.6 Å². The van der Waals surface area contributed by atoms with Crippen LogP contribution in [0.2, 0.25) is 0 Å². The van der Waals surface area contributed by atoms with Crippen molar-refractivity contribution in [2.24, 2.45) is 21.1 Å². The van der Waals surface area contributed by atoms with Gasteiger partial charge in [-0.3, -0.25) is 0 Å². The van der Waals surface area contributed by atoms with Gasteiger partial charge in [0.05, 0.1) is 0 Å². The van der Waals surface area contributed by atoms with Crippen molar-refractivity contribution < 1.29 is 31.4 Å². The number of aliphatic hydroxyl groups excluding tert-OH is 1. The van der Waals surface area contributed by atoms with Crippen molar-refractivity contribution in [1.29, 1.82) is 0 Å². The first-order valence-electron chi connectivity index (χ1n) is 6.03. The van der Waals surface area contributed by atoms with Gasteiger partial charge in [-0.05, 0) is 0 Å². The van der Waals surface area contributed by atoms with E-state index in [9.17, 15) is 9.90 Å². The van der Waals surface area contributed by atoms with E-state index in [4.69, 9.17) is 21.1 Å². The molecule has 20 heavy (non-hydrogen) atoms. The number of carbonyl (C=O) groups is 1. The Morgan fingerprint density at radius 3 is 2.45 bits per heavy atom. The summed E-state index contributed by atoms with van der Waals surface area (Å²) in [5, 5.41) is 9.93. The standard InChI is InChI=1S/C12H23I2N4O2/c1-3-5-7(20)9-10(15)8(13-18)11(16)12(17)14(9,4-2)6-19/h3-5,9-10,12,19H,6,15-18H2,1-2H3/q-1/b5-3+/t9?,10-,12+/m1/s1. The number of allylic oxidation sites excluding steroid dienone is 2. The quantitative estimate of drug-likeness (QED) is 0.0863. The summed E-state index contributed by atoms with van der Waals surface area (Å²) in [6.45, 7) is 3.61. The van der Waals surface area contributed by atoms with E-state index in [1.165, 1.54) is 6.08 Å². The van der Waals surface area contributed by atoms with E-state index in [0.29, 0.717) is 5.70 Å². The Morgan fingerprint density at radius 2 is 2.05 bits per heavy atom. The van der Waals surface area contributed by atoms with Crippen LogP contribution in [0, 0.1) is 0 Å². The summed E-state index contributed by atoms with van der Waals surface area (Å²) < 4.78 is 7.42. The van der Waals surface area contributed by atoms with Crippen molar-refractivity contribution in [2.45, 2.75) is 27.9 Å². The van der Waals surface area contributed by atoms with Crippen molar-refractivity contribution in [2.75, 3.05) is 4.61 Å². The molecule has 0 aliphatic carbocycles. The average Bonchev–Trinajstić information content (AvgIpc) is 2.43. The molecule has 0 saturated carbocycles. The van der Waals surface area contributed by atoms with Crippen molar-refractivity contribution in [3.63, 3.8) is 0 Å². The summed E-state index contributed by atoms with van der Waals surface area (Å²) >= 11 is -4.03. The Kier molecular flexibility index (Phi) is 6.73. The van der Waals surface area contributed by atoms with Crippen LogP contribution in [-0.2, 0) is 4.79 Å². The molecule has 0 spiro atoms. The van der Waals surface area contributed by atoms with Gasteiger partial charge in [-0.1, -0.05) is 0 Å². The summed E-state index contributed by atoms with van der Waals surface area (Å²) in [5.74, 6) is -0.0820. The van der Waals surface area contributed by atoms with Gasteiger partial charge in [-0.2, -0.15) is 0 Å². The van der Waals surface area contributed by atoms with Gasteiger partial charge in [-0.15, -0.1) is 0 Å². The molecule has 0 bridgehead atoms. The predicted molar refractivity (Wildman–Crippen MR) is 87.8 cm³/mol. The minimum absolute atomic E-state index is 0.0820. The van der Waals surface area contributed by atoms with E-state index in [-0.39, 0.29) is 10.4 Å². The molecule has 1 rings (SSSR count). The Labute approximate surface area is 133 Å².